The number of pyridine rings is 1. The first-order valence-electron chi connectivity index (χ1n) is 5.73. The monoisotopic (exact) mass is 300 g/mol. The van der Waals surface area contributed by atoms with Gasteiger partial charge in [0.2, 0.25) is 0 Å². The van der Waals surface area contributed by atoms with Gasteiger partial charge in [0.05, 0.1) is 0 Å². The number of nitrogens with zero attached hydrogens (tertiary/aromatic N) is 1. The SMILES string of the molecule is Cc1cc(Br)cnc1NCC1CCCCS1. The lowest BCUT2D eigenvalue weighted by atomic mass is 10.2. The average molecular weight is 301 g/mol. The molecule has 1 aromatic rings. The first-order valence-corrected chi connectivity index (χ1v) is 7.57. The van der Waals surface area contributed by atoms with E-state index in [2.05, 4.69) is 51.0 Å². The first kappa shape index (κ1) is 12.2. The Morgan fingerprint density at radius 2 is 2.44 bits per heavy atom. The number of thioether (sulfide) groups is 1. The fourth-order valence-electron chi connectivity index (χ4n) is 1.90. The van der Waals surface area contributed by atoms with Crippen molar-refractivity contribution in [3.05, 3.63) is 22.3 Å². The van der Waals surface area contributed by atoms with Crippen LogP contribution in [0, 0.1) is 6.92 Å². The van der Waals surface area contributed by atoms with Crippen molar-refractivity contribution in [3.63, 3.8) is 0 Å². The second-order valence-corrected chi connectivity index (χ2v) is 6.51. The fourth-order valence-corrected chi connectivity index (χ4v) is 3.59. The van der Waals surface area contributed by atoms with Crippen LogP contribution in [0.25, 0.3) is 0 Å². The Morgan fingerprint density at radius 1 is 1.56 bits per heavy atom. The molecule has 1 aliphatic heterocycles. The smallest absolute Gasteiger partial charge is 0.128 e. The Bertz CT molecular complexity index is 351. The summed E-state index contributed by atoms with van der Waals surface area (Å²) < 4.78 is 1.04. The van der Waals surface area contributed by atoms with Crippen LogP contribution in [0.15, 0.2) is 16.7 Å². The molecule has 1 aromatic heterocycles. The lowest BCUT2D eigenvalue weighted by Gasteiger charge is -2.22. The topological polar surface area (TPSA) is 24.9 Å². The molecule has 0 aromatic carbocycles. The summed E-state index contributed by atoms with van der Waals surface area (Å²) in [6, 6.07) is 2.10. The quantitative estimate of drug-likeness (QED) is 0.918. The van der Waals surface area contributed by atoms with Crippen molar-refractivity contribution < 1.29 is 0 Å². The van der Waals surface area contributed by atoms with E-state index in [1.165, 1.54) is 30.6 Å². The molecular formula is C12H17BrN2S. The highest BCUT2D eigenvalue weighted by atomic mass is 79.9. The molecule has 16 heavy (non-hydrogen) atoms. The molecule has 0 radical (unpaired) electrons. The molecule has 2 rings (SSSR count). The number of aromatic nitrogens is 1. The average Bonchev–Trinajstić information content (AvgIpc) is 2.29. The number of nitrogens with one attached hydrogen (secondary N) is 1. The van der Waals surface area contributed by atoms with Gasteiger partial charge in [-0.25, -0.2) is 4.98 Å². The van der Waals surface area contributed by atoms with Gasteiger partial charge >= 0.3 is 0 Å². The zero-order valence-electron chi connectivity index (χ0n) is 9.50. The minimum atomic E-state index is 0.763. The maximum absolute atomic E-state index is 4.39. The summed E-state index contributed by atoms with van der Waals surface area (Å²) in [6.45, 7) is 3.13. The number of anilines is 1. The molecule has 1 N–H and O–H groups in total. The normalized spacial score (nSPS) is 20.8. The van der Waals surface area contributed by atoms with E-state index in [1.54, 1.807) is 0 Å². The van der Waals surface area contributed by atoms with E-state index in [9.17, 15) is 0 Å². The van der Waals surface area contributed by atoms with E-state index < -0.39 is 0 Å². The third-order valence-corrected chi connectivity index (χ3v) is 4.65. The highest BCUT2D eigenvalue weighted by Gasteiger charge is 2.13. The van der Waals surface area contributed by atoms with Gasteiger partial charge in [0.15, 0.2) is 0 Å². The zero-order valence-corrected chi connectivity index (χ0v) is 11.9. The number of hydrogen-bond acceptors (Lipinski definition) is 3. The second kappa shape index (κ2) is 5.92. The van der Waals surface area contributed by atoms with Gasteiger partial charge in [-0.2, -0.15) is 11.8 Å². The summed E-state index contributed by atoms with van der Waals surface area (Å²) in [6.07, 6.45) is 5.96. The van der Waals surface area contributed by atoms with Gasteiger partial charge in [-0.3, -0.25) is 0 Å². The predicted octanol–water partition coefficient (Wildman–Crippen LogP) is 3.85. The van der Waals surface area contributed by atoms with E-state index in [4.69, 9.17) is 0 Å². The van der Waals surface area contributed by atoms with Gasteiger partial charge in [-0.1, -0.05) is 6.42 Å². The molecule has 0 amide bonds. The maximum Gasteiger partial charge on any atom is 0.128 e. The lowest BCUT2D eigenvalue weighted by Crippen LogP contribution is -2.20. The molecule has 1 fully saturated rings. The second-order valence-electron chi connectivity index (χ2n) is 4.19. The van der Waals surface area contributed by atoms with Gasteiger partial charge in [-0.15, -0.1) is 0 Å². The Hall–Kier alpha value is -0.220. The summed E-state index contributed by atoms with van der Waals surface area (Å²) in [4.78, 5) is 4.39. The Balaban J connectivity index is 1.88. The van der Waals surface area contributed by atoms with Crippen molar-refractivity contribution in [3.8, 4) is 0 Å². The molecule has 0 saturated carbocycles. The van der Waals surface area contributed by atoms with Gasteiger partial charge in [0.25, 0.3) is 0 Å². The highest BCUT2D eigenvalue weighted by molar-refractivity contribution is 9.10. The van der Waals surface area contributed by atoms with Crippen LogP contribution in [0.1, 0.15) is 24.8 Å². The molecular weight excluding hydrogens is 284 g/mol. The van der Waals surface area contributed by atoms with E-state index in [0.717, 1.165) is 22.1 Å². The summed E-state index contributed by atoms with van der Waals surface area (Å²) >= 11 is 5.52. The Morgan fingerprint density at radius 3 is 3.12 bits per heavy atom. The van der Waals surface area contributed by atoms with E-state index in [0.29, 0.717) is 0 Å². The summed E-state index contributed by atoms with van der Waals surface area (Å²) in [7, 11) is 0. The summed E-state index contributed by atoms with van der Waals surface area (Å²) in [5, 5.41) is 4.22. The highest BCUT2D eigenvalue weighted by Crippen LogP contribution is 2.25. The van der Waals surface area contributed by atoms with Crippen LogP contribution in [0.5, 0.6) is 0 Å². The van der Waals surface area contributed by atoms with Crippen LogP contribution in [0.2, 0.25) is 0 Å². The minimum absolute atomic E-state index is 0.763. The minimum Gasteiger partial charge on any atom is -0.369 e. The molecule has 1 unspecified atom stereocenters. The van der Waals surface area contributed by atoms with Gasteiger partial charge in [-0.05, 0) is 53.1 Å². The molecule has 1 atom stereocenters. The zero-order chi connectivity index (χ0) is 11.4. The van der Waals surface area contributed by atoms with E-state index in [-0.39, 0.29) is 0 Å². The third-order valence-electron chi connectivity index (χ3n) is 2.82. The van der Waals surface area contributed by atoms with E-state index >= 15 is 0 Å². The maximum atomic E-state index is 4.39. The number of halogens is 1. The fraction of sp³-hybridized carbons (Fsp3) is 0.583. The lowest BCUT2D eigenvalue weighted by molar-refractivity contribution is 0.677. The largest absolute Gasteiger partial charge is 0.369 e. The van der Waals surface area contributed by atoms with Crippen LogP contribution < -0.4 is 5.32 Å². The van der Waals surface area contributed by atoms with Crippen molar-refractivity contribution in [2.45, 2.75) is 31.4 Å². The molecule has 0 spiro atoms. The van der Waals surface area contributed by atoms with Crippen molar-refractivity contribution in [2.75, 3.05) is 17.6 Å². The van der Waals surface area contributed by atoms with Crippen LogP contribution in [0.4, 0.5) is 5.82 Å². The number of hydrogen-bond donors (Lipinski definition) is 1. The molecule has 0 aliphatic carbocycles. The number of rotatable bonds is 3. The molecule has 1 aliphatic rings. The standard InChI is InChI=1S/C12H17BrN2S/c1-9-6-10(13)7-14-12(9)15-8-11-4-2-3-5-16-11/h6-7,11H,2-5,8H2,1H3,(H,14,15). The molecule has 88 valence electrons. The van der Waals surface area contributed by atoms with E-state index in [1.807, 2.05) is 6.20 Å². The van der Waals surface area contributed by atoms with Gasteiger partial charge < -0.3 is 5.32 Å². The molecule has 4 heteroatoms. The van der Waals surface area contributed by atoms with Gasteiger partial charge in [0.1, 0.15) is 5.82 Å². The van der Waals surface area contributed by atoms with Crippen molar-refractivity contribution in [1.82, 2.24) is 4.98 Å². The molecule has 2 nitrogen and oxygen atoms in total. The summed E-state index contributed by atoms with van der Waals surface area (Å²) in [5.41, 5.74) is 1.20. The van der Waals surface area contributed by atoms with Crippen molar-refractivity contribution in [2.24, 2.45) is 0 Å². The summed E-state index contributed by atoms with van der Waals surface area (Å²) in [5.74, 6) is 2.34. The Labute approximate surface area is 110 Å². The Kier molecular flexibility index (Phi) is 4.53. The first-order chi connectivity index (χ1) is 7.75. The molecule has 0 bridgehead atoms. The third kappa shape index (κ3) is 3.39. The number of aryl methyl sites for hydroxylation is 1. The predicted molar refractivity (Wildman–Crippen MR) is 75.3 cm³/mol. The van der Waals surface area contributed by atoms with Crippen molar-refractivity contribution >= 4 is 33.5 Å². The van der Waals surface area contributed by atoms with Crippen LogP contribution in [0.3, 0.4) is 0 Å². The van der Waals surface area contributed by atoms with Crippen molar-refractivity contribution in [1.29, 1.82) is 0 Å². The molecule has 2 heterocycles. The van der Waals surface area contributed by atoms with Crippen LogP contribution in [-0.4, -0.2) is 22.5 Å². The molecule has 1 saturated heterocycles. The van der Waals surface area contributed by atoms with Crippen LogP contribution in [-0.2, 0) is 0 Å². The van der Waals surface area contributed by atoms with Gasteiger partial charge in [0, 0.05) is 22.5 Å². The van der Waals surface area contributed by atoms with Crippen LogP contribution >= 0.6 is 27.7 Å².